The Morgan fingerprint density at radius 3 is 1.77 bits per heavy atom. The lowest BCUT2D eigenvalue weighted by Crippen LogP contribution is -2.58. The van der Waals surface area contributed by atoms with Crippen molar-refractivity contribution in [2.45, 2.75) is 62.7 Å². The van der Waals surface area contributed by atoms with Gasteiger partial charge in [0.05, 0.1) is 12.5 Å². The molecule has 39 heavy (non-hydrogen) atoms. The molecule has 0 radical (unpaired) electrons. The molecule has 0 aliphatic heterocycles. The van der Waals surface area contributed by atoms with Gasteiger partial charge in [-0.3, -0.25) is 28.8 Å². The molecule has 16 nitrogen and oxygen atoms in total. The minimum atomic E-state index is -1.61. The Morgan fingerprint density at radius 1 is 0.718 bits per heavy atom. The van der Waals surface area contributed by atoms with Crippen LogP contribution in [0.5, 0.6) is 5.75 Å². The van der Waals surface area contributed by atoms with Gasteiger partial charge in [-0.15, -0.1) is 0 Å². The first-order valence-electron chi connectivity index (χ1n) is 11.6. The van der Waals surface area contributed by atoms with Crippen LogP contribution in [0.1, 0.15) is 37.7 Å². The monoisotopic (exact) mass is 552 g/mol. The van der Waals surface area contributed by atoms with Crippen LogP contribution in [0.25, 0.3) is 0 Å². The van der Waals surface area contributed by atoms with Crippen LogP contribution in [0.3, 0.4) is 0 Å². The van der Waals surface area contributed by atoms with E-state index in [0.717, 1.165) is 0 Å². The molecule has 0 saturated heterocycles. The summed E-state index contributed by atoms with van der Waals surface area (Å²) in [6.07, 6.45) is -2.29. The number of carboxylic acid groups (broad SMARTS) is 2. The molecule has 1 aromatic rings. The van der Waals surface area contributed by atoms with Crippen LogP contribution in [0.4, 0.5) is 0 Å². The summed E-state index contributed by atoms with van der Waals surface area (Å²) in [4.78, 5) is 83.3. The molecule has 0 fully saturated rings. The summed E-state index contributed by atoms with van der Waals surface area (Å²) in [5.74, 6) is -7.51. The van der Waals surface area contributed by atoms with Crippen LogP contribution in [-0.2, 0) is 40.0 Å². The molecule has 12 N–H and O–H groups in total. The number of phenols is 1. The molecule has 0 aromatic heterocycles. The fraction of sp³-hybridized carbons (Fsp3) is 0.435. The molecule has 0 heterocycles. The number of primary amides is 2. The fourth-order valence-corrected chi connectivity index (χ4v) is 3.26. The maximum atomic E-state index is 13.0. The van der Waals surface area contributed by atoms with E-state index in [1.807, 2.05) is 0 Å². The van der Waals surface area contributed by atoms with Crippen LogP contribution < -0.4 is 33.2 Å². The number of aliphatic carboxylic acids is 2. The van der Waals surface area contributed by atoms with E-state index in [1.54, 1.807) is 0 Å². The maximum Gasteiger partial charge on any atom is 0.326 e. The van der Waals surface area contributed by atoms with Gasteiger partial charge in [-0.25, -0.2) is 4.79 Å². The lowest BCUT2D eigenvalue weighted by Gasteiger charge is -2.25. The van der Waals surface area contributed by atoms with E-state index in [-0.39, 0.29) is 31.4 Å². The highest BCUT2D eigenvalue weighted by Crippen LogP contribution is 2.12. The summed E-state index contributed by atoms with van der Waals surface area (Å²) in [7, 11) is 0. The van der Waals surface area contributed by atoms with Crippen molar-refractivity contribution in [3.8, 4) is 5.75 Å². The lowest BCUT2D eigenvalue weighted by molar-refractivity contribution is -0.143. The molecule has 0 aliphatic rings. The van der Waals surface area contributed by atoms with E-state index in [0.29, 0.717) is 5.56 Å². The number of phenolic OH excluding ortho intramolecular Hbond substituents is 1. The number of carboxylic acids is 2. The van der Waals surface area contributed by atoms with Crippen LogP contribution >= 0.6 is 0 Å². The second kappa shape index (κ2) is 15.5. The average Bonchev–Trinajstić information content (AvgIpc) is 2.84. The molecule has 1 rings (SSSR count). The summed E-state index contributed by atoms with van der Waals surface area (Å²) >= 11 is 0. The zero-order valence-corrected chi connectivity index (χ0v) is 20.8. The predicted molar refractivity (Wildman–Crippen MR) is 132 cm³/mol. The van der Waals surface area contributed by atoms with Gasteiger partial charge in [0.1, 0.15) is 23.9 Å². The molecular formula is C23H32N6O10. The lowest BCUT2D eigenvalue weighted by atomic mass is 10.0. The zero-order valence-electron chi connectivity index (χ0n) is 20.8. The zero-order chi connectivity index (χ0) is 29.7. The number of benzene rings is 1. The van der Waals surface area contributed by atoms with Gasteiger partial charge in [0.2, 0.25) is 29.5 Å². The Labute approximate surface area is 222 Å². The summed E-state index contributed by atoms with van der Waals surface area (Å²) < 4.78 is 0. The highest BCUT2D eigenvalue weighted by atomic mass is 16.4. The Kier molecular flexibility index (Phi) is 12.8. The van der Waals surface area contributed by atoms with E-state index >= 15 is 0 Å². The smallest absolute Gasteiger partial charge is 0.326 e. The fourth-order valence-electron chi connectivity index (χ4n) is 3.26. The van der Waals surface area contributed by atoms with Crippen molar-refractivity contribution >= 4 is 41.5 Å². The van der Waals surface area contributed by atoms with Crippen LogP contribution in [-0.4, -0.2) is 81.0 Å². The maximum absolute atomic E-state index is 13.0. The molecule has 0 bridgehead atoms. The Morgan fingerprint density at radius 2 is 1.26 bits per heavy atom. The van der Waals surface area contributed by atoms with Crippen molar-refractivity contribution in [2.24, 2.45) is 17.2 Å². The topological polar surface area (TPSA) is 294 Å². The number of aromatic hydroxyl groups is 1. The largest absolute Gasteiger partial charge is 0.508 e. The summed E-state index contributed by atoms with van der Waals surface area (Å²) in [5, 5.41) is 34.4. The number of hydrogen-bond acceptors (Lipinski definition) is 9. The number of amides is 5. The average molecular weight is 553 g/mol. The van der Waals surface area contributed by atoms with Gasteiger partial charge in [0, 0.05) is 19.3 Å². The van der Waals surface area contributed by atoms with Gasteiger partial charge in [-0.05, 0) is 30.5 Å². The van der Waals surface area contributed by atoms with Gasteiger partial charge >= 0.3 is 11.9 Å². The normalized spacial score (nSPS) is 13.7. The summed E-state index contributed by atoms with van der Waals surface area (Å²) in [6.45, 7) is 0. The summed E-state index contributed by atoms with van der Waals surface area (Å²) in [5.41, 5.74) is 16.3. The molecule has 0 aliphatic carbocycles. The van der Waals surface area contributed by atoms with Crippen molar-refractivity contribution in [2.75, 3.05) is 0 Å². The quantitative estimate of drug-likeness (QED) is 0.0927. The number of rotatable bonds is 17. The molecule has 4 atom stereocenters. The Hall–Kier alpha value is -4.73. The Balaban J connectivity index is 3.15. The van der Waals surface area contributed by atoms with Crippen LogP contribution in [0, 0.1) is 0 Å². The molecule has 1 aromatic carbocycles. The van der Waals surface area contributed by atoms with Crippen LogP contribution in [0.2, 0.25) is 0 Å². The van der Waals surface area contributed by atoms with Gasteiger partial charge in [0.15, 0.2) is 0 Å². The standard InChI is InChI=1S/C23H32N6O10/c24-13(5-8-19(33)34)20(35)28-16(10-18(26)32)22(37)29-15(9-11-1-3-12(30)4-2-11)21(36)27-14(23(38)39)6-7-17(25)31/h1-4,13-16,30H,5-10,24H2,(H2,25,31)(H2,26,32)(H,27,36)(H,28,35)(H,29,37)(H,33,34)(H,38,39). The first-order chi connectivity index (χ1) is 18.2. The van der Waals surface area contributed by atoms with E-state index < -0.39 is 78.5 Å². The third kappa shape index (κ3) is 12.4. The van der Waals surface area contributed by atoms with Gasteiger partial charge < -0.3 is 48.5 Å². The van der Waals surface area contributed by atoms with Gasteiger partial charge in [-0.1, -0.05) is 12.1 Å². The molecule has 16 heteroatoms. The van der Waals surface area contributed by atoms with E-state index in [4.69, 9.17) is 22.3 Å². The number of nitrogens with one attached hydrogen (secondary N) is 3. The minimum Gasteiger partial charge on any atom is -0.508 e. The number of nitrogens with two attached hydrogens (primary N) is 3. The van der Waals surface area contributed by atoms with Crippen molar-refractivity contribution in [1.82, 2.24) is 16.0 Å². The molecular weight excluding hydrogens is 520 g/mol. The highest BCUT2D eigenvalue weighted by Gasteiger charge is 2.31. The van der Waals surface area contributed by atoms with E-state index in [2.05, 4.69) is 16.0 Å². The highest BCUT2D eigenvalue weighted by molar-refractivity contribution is 5.96. The predicted octanol–water partition coefficient (Wildman–Crippen LogP) is -3.19. The second-order valence-electron chi connectivity index (χ2n) is 8.61. The SMILES string of the molecule is NC(=O)CCC(NC(=O)C(Cc1ccc(O)cc1)NC(=O)C(CC(N)=O)NC(=O)C(N)CCC(=O)O)C(=O)O. The van der Waals surface area contributed by atoms with Crippen molar-refractivity contribution in [3.63, 3.8) is 0 Å². The first kappa shape index (κ1) is 32.3. The van der Waals surface area contributed by atoms with Crippen molar-refractivity contribution < 1.29 is 48.9 Å². The minimum absolute atomic E-state index is 0.0790. The molecule has 0 saturated carbocycles. The summed E-state index contributed by atoms with van der Waals surface area (Å²) in [6, 6.07) is -0.418. The number of carbonyl (C=O) groups excluding carboxylic acids is 5. The molecule has 5 amide bonds. The third-order valence-electron chi connectivity index (χ3n) is 5.35. The van der Waals surface area contributed by atoms with Crippen molar-refractivity contribution in [1.29, 1.82) is 0 Å². The number of hydrogen-bond donors (Lipinski definition) is 9. The Bertz CT molecular complexity index is 1080. The molecule has 0 spiro atoms. The number of carbonyl (C=O) groups is 7. The van der Waals surface area contributed by atoms with Crippen LogP contribution in [0.15, 0.2) is 24.3 Å². The first-order valence-corrected chi connectivity index (χ1v) is 11.6. The van der Waals surface area contributed by atoms with Gasteiger partial charge in [-0.2, -0.15) is 0 Å². The van der Waals surface area contributed by atoms with E-state index in [9.17, 15) is 43.8 Å². The molecule has 214 valence electrons. The third-order valence-corrected chi connectivity index (χ3v) is 5.35. The molecule has 4 unspecified atom stereocenters. The van der Waals surface area contributed by atoms with E-state index in [1.165, 1.54) is 24.3 Å². The van der Waals surface area contributed by atoms with Gasteiger partial charge in [0.25, 0.3) is 0 Å². The van der Waals surface area contributed by atoms with Crippen molar-refractivity contribution in [3.05, 3.63) is 29.8 Å². The second-order valence-corrected chi connectivity index (χ2v) is 8.61.